The Morgan fingerprint density at radius 3 is 2.74 bits per heavy atom. The number of amides is 1. The Balaban J connectivity index is 1.71. The number of aryl methyl sites for hydroxylation is 1. The first kappa shape index (κ1) is 14.8. The molecule has 2 N–H and O–H groups in total. The van der Waals surface area contributed by atoms with Crippen LogP contribution in [0.1, 0.15) is 21.6 Å². The first-order valence-corrected chi connectivity index (χ1v) is 7.17. The maximum Gasteiger partial charge on any atom is 0.277 e. The van der Waals surface area contributed by atoms with E-state index in [4.69, 9.17) is 0 Å². The minimum absolute atomic E-state index is 0.0232. The summed E-state index contributed by atoms with van der Waals surface area (Å²) in [6.45, 7) is 2.40. The highest BCUT2D eigenvalue weighted by Crippen LogP contribution is 2.24. The van der Waals surface area contributed by atoms with E-state index in [1.165, 1.54) is 0 Å². The van der Waals surface area contributed by atoms with Crippen LogP contribution in [0.4, 0.5) is 5.69 Å². The first-order chi connectivity index (χ1) is 11.1. The molecule has 23 heavy (non-hydrogen) atoms. The molecule has 0 bridgehead atoms. The highest BCUT2D eigenvalue weighted by atomic mass is 16.3. The Hall–Kier alpha value is -3.15. The lowest BCUT2D eigenvalue weighted by molar-refractivity contribution is 0.102. The zero-order chi connectivity index (χ0) is 16.2. The van der Waals surface area contributed by atoms with Gasteiger partial charge in [0.15, 0.2) is 5.69 Å². The van der Waals surface area contributed by atoms with Gasteiger partial charge in [-0.15, -0.1) is 5.10 Å². The van der Waals surface area contributed by atoms with Gasteiger partial charge in [0, 0.05) is 0 Å². The third kappa shape index (κ3) is 3.55. The van der Waals surface area contributed by atoms with Crippen molar-refractivity contribution in [2.24, 2.45) is 0 Å². The lowest BCUT2D eigenvalue weighted by Crippen LogP contribution is -2.12. The zero-order valence-electron chi connectivity index (χ0n) is 12.6. The molecule has 0 saturated carbocycles. The standard InChI is InChI=1S/C17H16N4O2/c1-12-7-8-14(16(22)9-12)18-17(23)15-11-21(20-19-15)10-13-5-3-2-4-6-13/h2-9,11,22H,10H2,1H3,(H,18,23). The lowest BCUT2D eigenvalue weighted by Gasteiger charge is -2.06. The van der Waals surface area contributed by atoms with Gasteiger partial charge in [-0.1, -0.05) is 41.6 Å². The Bertz CT molecular complexity index is 828. The van der Waals surface area contributed by atoms with Gasteiger partial charge in [-0.25, -0.2) is 4.68 Å². The molecule has 1 heterocycles. The second kappa shape index (κ2) is 6.31. The third-order valence-corrected chi connectivity index (χ3v) is 3.36. The van der Waals surface area contributed by atoms with Gasteiger partial charge in [0.2, 0.25) is 0 Å². The molecular formula is C17H16N4O2. The quantitative estimate of drug-likeness (QED) is 0.726. The molecule has 0 saturated heterocycles. The first-order valence-electron chi connectivity index (χ1n) is 7.17. The Morgan fingerprint density at radius 2 is 2.00 bits per heavy atom. The summed E-state index contributed by atoms with van der Waals surface area (Å²) in [5.41, 5.74) is 2.52. The van der Waals surface area contributed by atoms with Crippen molar-refractivity contribution >= 4 is 11.6 Å². The van der Waals surface area contributed by atoms with Gasteiger partial charge in [0.25, 0.3) is 5.91 Å². The van der Waals surface area contributed by atoms with Crippen LogP contribution < -0.4 is 5.32 Å². The second-order valence-corrected chi connectivity index (χ2v) is 5.26. The van der Waals surface area contributed by atoms with Crippen LogP contribution >= 0.6 is 0 Å². The van der Waals surface area contributed by atoms with Crippen molar-refractivity contribution in [2.45, 2.75) is 13.5 Å². The van der Waals surface area contributed by atoms with Crippen LogP contribution in [0.3, 0.4) is 0 Å². The van der Waals surface area contributed by atoms with E-state index < -0.39 is 5.91 Å². The number of nitrogens with zero attached hydrogens (tertiary/aromatic N) is 3. The van der Waals surface area contributed by atoms with Crippen LogP contribution in [0, 0.1) is 6.92 Å². The number of hydrogen-bond acceptors (Lipinski definition) is 4. The number of aromatic hydroxyl groups is 1. The van der Waals surface area contributed by atoms with Gasteiger partial charge in [-0.05, 0) is 30.2 Å². The Kier molecular flexibility index (Phi) is 4.05. The number of carbonyl (C=O) groups excluding carboxylic acids is 1. The molecule has 0 aliphatic carbocycles. The number of benzene rings is 2. The van der Waals surface area contributed by atoms with E-state index in [1.807, 2.05) is 43.3 Å². The van der Waals surface area contributed by atoms with E-state index >= 15 is 0 Å². The predicted octanol–water partition coefficient (Wildman–Crippen LogP) is 2.59. The molecule has 0 fully saturated rings. The predicted molar refractivity (Wildman–Crippen MR) is 86.4 cm³/mol. The minimum atomic E-state index is -0.413. The molecule has 3 rings (SSSR count). The SMILES string of the molecule is Cc1ccc(NC(=O)c2cn(Cc3ccccc3)nn2)c(O)c1. The highest BCUT2D eigenvalue weighted by molar-refractivity contribution is 6.03. The van der Waals surface area contributed by atoms with Gasteiger partial charge in [-0.3, -0.25) is 4.79 Å². The van der Waals surface area contributed by atoms with Crippen molar-refractivity contribution in [1.29, 1.82) is 0 Å². The van der Waals surface area contributed by atoms with Crippen LogP contribution in [0.15, 0.2) is 54.7 Å². The summed E-state index contributed by atoms with van der Waals surface area (Å²) in [4.78, 5) is 12.2. The number of rotatable bonds is 4. The Morgan fingerprint density at radius 1 is 1.22 bits per heavy atom. The van der Waals surface area contributed by atoms with E-state index in [0.29, 0.717) is 12.2 Å². The number of phenolic OH excluding ortho intramolecular Hbond substituents is 1. The monoisotopic (exact) mass is 308 g/mol. The van der Waals surface area contributed by atoms with Crippen molar-refractivity contribution in [3.63, 3.8) is 0 Å². The largest absolute Gasteiger partial charge is 0.506 e. The number of carbonyl (C=O) groups is 1. The summed E-state index contributed by atoms with van der Waals surface area (Å²) >= 11 is 0. The smallest absolute Gasteiger partial charge is 0.277 e. The summed E-state index contributed by atoms with van der Waals surface area (Å²) in [7, 11) is 0. The molecule has 1 amide bonds. The summed E-state index contributed by atoms with van der Waals surface area (Å²) in [5.74, 6) is -0.390. The zero-order valence-corrected chi connectivity index (χ0v) is 12.6. The molecule has 6 heteroatoms. The third-order valence-electron chi connectivity index (χ3n) is 3.36. The van der Waals surface area contributed by atoms with Crippen LogP contribution in [-0.2, 0) is 6.54 Å². The van der Waals surface area contributed by atoms with Gasteiger partial charge < -0.3 is 10.4 Å². The summed E-state index contributed by atoms with van der Waals surface area (Å²) in [6, 6.07) is 14.8. The Labute approximate surface area is 133 Å². The normalized spacial score (nSPS) is 10.5. The number of hydrogen-bond donors (Lipinski definition) is 2. The number of anilines is 1. The van der Waals surface area contributed by atoms with E-state index in [-0.39, 0.29) is 11.4 Å². The van der Waals surface area contributed by atoms with Crippen molar-refractivity contribution in [3.05, 3.63) is 71.5 Å². The molecule has 0 spiro atoms. The van der Waals surface area contributed by atoms with Crippen molar-refractivity contribution in [2.75, 3.05) is 5.32 Å². The van der Waals surface area contributed by atoms with Gasteiger partial charge in [-0.2, -0.15) is 0 Å². The van der Waals surface area contributed by atoms with E-state index in [9.17, 15) is 9.90 Å². The van der Waals surface area contributed by atoms with Crippen molar-refractivity contribution in [1.82, 2.24) is 15.0 Å². The molecule has 0 aliphatic rings. The molecule has 0 aliphatic heterocycles. The molecule has 3 aromatic rings. The number of nitrogens with one attached hydrogen (secondary N) is 1. The van der Waals surface area contributed by atoms with Crippen LogP contribution in [0.2, 0.25) is 0 Å². The molecule has 2 aromatic carbocycles. The molecule has 0 unspecified atom stereocenters. The average Bonchev–Trinajstić information content (AvgIpc) is 3.00. The molecule has 0 radical (unpaired) electrons. The molecule has 1 aromatic heterocycles. The van der Waals surface area contributed by atoms with Crippen LogP contribution in [0.5, 0.6) is 5.75 Å². The fourth-order valence-electron chi connectivity index (χ4n) is 2.18. The fraction of sp³-hybridized carbons (Fsp3) is 0.118. The summed E-state index contributed by atoms with van der Waals surface area (Å²) < 4.78 is 1.60. The molecule has 116 valence electrons. The van der Waals surface area contributed by atoms with E-state index in [1.54, 1.807) is 23.0 Å². The van der Waals surface area contributed by atoms with Crippen molar-refractivity contribution < 1.29 is 9.90 Å². The number of aromatic nitrogens is 3. The lowest BCUT2D eigenvalue weighted by atomic mass is 10.2. The second-order valence-electron chi connectivity index (χ2n) is 5.26. The maximum atomic E-state index is 12.2. The van der Waals surface area contributed by atoms with Crippen molar-refractivity contribution in [3.8, 4) is 5.75 Å². The summed E-state index contributed by atoms with van der Waals surface area (Å²) in [5, 5.41) is 20.3. The van der Waals surface area contributed by atoms with E-state index in [2.05, 4.69) is 15.6 Å². The molecule has 6 nitrogen and oxygen atoms in total. The minimum Gasteiger partial charge on any atom is -0.506 e. The molecule has 0 atom stereocenters. The van der Waals surface area contributed by atoms with Crippen LogP contribution in [0.25, 0.3) is 0 Å². The average molecular weight is 308 g/mol. The maximum absolute atomic E-state index is 12.2. The van der Waals surface area contributed by atoms with Crippen LogP contribution in [-0.4, -0.2) is 26.0 Å². The van der Waals surface area contributed by atoms with Gasteiger partial charge in [0.05, 0.1) is 18.4 Å². The fourth-order valence-corrected chi connectivity index (χ4v) is 2.18. The number of phenols is 1. The van der Waals surface area contributed by atoms with E-state index in [0.717, 1.165) is 11.1 Å². The van der Waals surface area contributed by atoms with Gasteiger partial charge >= 0.3 is 0 Å². The summed E-state index contributed by atoms with van der Waals surface area (Å²) in [6.07, 6.45) is 1.58. The topological polar surface area (TPSA) is 80.0 Å². The molecular weight excluding hydrogens is 292 g/mol. The highest BCUT2D eigenvalue weighted by Gasteiger charge is 2.13. The van der Waals surface area contributed by atoms with Gasteiger partial charge in [0.1, 0.15) is 5.75 Å².